The minimum Gasteiger partial charge on any atom is -0.354 e. The van der Waals surface area contributed by atoms with Crippen LogP contribution >= 0.6 is 12.4 Å². The highest BCUT2D eigenvalue weighted by Gasteiger charge is 2.28. The fourth-order valence-corrected chi connectivity index (χ4v) is 2.32. The topological polar surface area (TPSA) is 83.8 Å². The van der Waals surface area contributed by atoms with E-state index in [1.54, 1.807) is 6.20 Å². The molecule has 2 heterocycles. The summed E-state index contributed by atoms with van der Waals surface area (Å²) in [6.07, 6.45) is 6.34. The van der Waals surface area contributed by atoms with Crippen molar-refractivity contribution in [3.8, 4) is 0 Å². The first-order valence-corrected chi connectivity index (χ1v) is 6.67. The Morgan fingerprint density at radius 3 is 3.10 bits per heavy atom. The zero-order chi connectivity index (χ0) is 13.2. The van der Waals surface area contributed by atoms with Crippen LogP contribution in [-0.4, -0.2) is 28.5 Å². The minimum absolute atomic E-state index is 0. The van der Waals surface area contributed by atoms with E-state index in [9.17, 15) is 4.79 Å². The van der Waals surface area contributed by atoms with Crippen molar-refractivity contribution in [2.45, 2.75) is 25.3 Å². The second-order valence-corrected chi connectivity index (χ2v) is 5.20. The molecule has 1 saturated carbocycles. The van der Waals surface area contributed by atoms with E-state index in [0.29, 0.717) is 18.9 Å². The Bertz CT molecular complexity index is 594. The van der Waals surface area contributed by atoms with Gasteiger partial charge >= 0.3 is 0 Å². The van der Waals surface area contributed by atoms with Gasteiger partial charge in [-0.1, -0.05) is 0 Å². The van der Waals surface area contributed by atoms with Crippen LogP contribution in [0.1, 0.15) is 18.4 Å². The predicted molar refractivity (Wildman–Crippen MR) is 80.8 cm³/mol. The summed E-state index contributed by atoms with van der Waals surface area (Å²) in [5.41, 5.74) is 7.75. The molecule has 0 bridgehead atoms. The van der Waals surface area contributed by atoms with Gasteiger partial charge < -0.3 is 16.0 Å². The molecule has 108 valence electrons. The zero-order valence-electron chi connectivity index (χ0n) is 11.1. The van der Waals surface area contributed by atoms with E-state index >= 15 is 0 Å². The molecule has 0 spiro atoms. The molecule has 3 rings (SSSR count). The molecule has 1 unspecified atom stereocenters. The van der Waals surface area contributed by atoms with Crippen molar-refractivity contribution < 1.29 is 4.79 Å². The first kappa shape index (κ1) is 14.8. The third-order valence-corrected chi connectivity index (χ3v) is 3.65. The van der Waals surface area contributed by atoms with Crippen molar-refractivity contribution in [3.63, 3.8) is 0 Å². The van der Waals surface area contributed by atoms with Gasteiger partial charge in [0.15, 0.2) is 0 Å². The first-order chi connectivity index (χ1) is 9.24. The molecule has 6 heteroatoms. The number of H-pyrrole nitrogens is 1. The number of halogens is 1. The number of rotatable bonds is 5. The Labute approximate surface area is 123 Å². The van der Waals surface area contributed by atoms with Crippen LogP contribution in [0.3, 0.4) is 0 Å². The van der Waals surface area contributed by atoms with E-state index < -0.39 is 0 Å². The van der Waals surface area contributed by atoms with Crippen molar-refractivity contribution in [1.29, 1.82) is 0 Å². The number of nitrogens with two attached hydrogens (primary N) is 1. The average molecular weight is 295 g/mol. The number of aromatic nitrogens is 2. The van der Waals surface area contributed by atoms with E-state index in [1.165, 1.54) is 12.8 Å². The van der Waals surface area contributed by atoms with Crippen molar-refractivity contribution in [2.24, 2.45) is 11.7 Å². The molecule has 1 atom stereocenters. The van der Waals surface area contributed by atoms with Gasteiger partial charge in [-0.25, -0.2) is 4.98 Å². The zero-order valence-corrected chi connectivity index (χ0v) is 12.0. The van der Waals surface area contributed by atoms with E-state index in [2.05, 4.69) is 15.3 Å². The van der Waals surface area contributed by atoms with Gasteiger partial charge in [0.05, 0.1) is 6.42 Å². The van der Waals surface area contributed by atoms with Gasteiger partial charge in [-0.05, 0) is 36.5 Å². The molecule has 2 aromatic heterocycles. The van der Waals surface area contributed by atoms with Crippen molar-refractivity contribution in [3.05, 3.63) is 30.1 Å². The smallest absolute Gasteiger partial charge is 0.224 e. The quantitative estimate of drug-likeness (QED) is 0.779. The van der Waals surface area contributed by atoms with Crippen molar-refractivity contribution in [1.82, 2.24) is 15.3 Å². The van der Waals surface area contributed by atoms with Gasteiger partial charge in [-0.2, -0.15) is 0 Å². The number of nitrogens with one attached hydrogen (secondary N) is 2. The predicted octanol–water partition coefficient (Wildman–Crippen LogP) is 1.38. The number of amides is 1. The maximum absolute atomic E-state index is 11.9. The van der Waals surface area contributed by atoms with Crippen LogP contribution in [-0.2, 0) is 11.2 Å². The lowest BCUT2D eigenvalue weighted by Crippen LogP contribution is -2.39. The highest BCUT2D eigenvalue weighted by molar-refractivity contribution is 5.87. The number of aromatic amines is 1. The van der Waals surface area contributed by atoms with Crippen LogP contribution < -0.4 is 11.1 Å². The van der Waals surface area contributed by atoms with E-state index in [0.717, 1.165) is 16.6 Å². The molecule has 20 heavy (non-hydrogen) atoms. The molecule has 1 fully saturated rings. The standard InChI is InChI=1S/C14H18N4O.ClH/c15-12(9-3-4-9)8-17-13(19)6-10-7-18-14-11(10)2-1-5-16-14;/h1-2,5,7,9,12H,3-4,6,8,15H2,(H,16,18)(H,17,19);1H. The summed E-state index contributed by atoms with van der Waals surface area (Å²) in [5, 5.41) is 3.91. The van der Waals surface area contributed by atoms with Crippen LogP contribution in [0.15, 0.2) is 24.5 Å². The van der Waals surface area contributed by atoms with Crippen LogP contribution in [0.2, 0.25) is 0 Å². The third-order valence-electron chi connectivity index (χ3n) is 3.65. The molecular formula is C14H19ClN4O. The molecule has 0 aromatic carbocycles. The summed E-state index contributed by atoms with van der Waals surface area (Å²) in [6.45, 7) is 0.574. The molecular weight excluding hydrogens is 276 g/mol. The second kappa shape index (κ2) is 6.24. The fraction of sp³-hybridized carbons (Fsp3) is 0.429. The normalized spacial score (nSPS) is 15.7. The van der Waals surface area contributed by atoms with E-state index in [1.807, 2.05) is 18.3 Å². The molecule has 4 N–H and O–H groups in total. The Balaban J connectivity index is 0.00000147. The first-order valence-electron chi connectivity index (χ1n) is 6.67. The summed E-state index contributed by atoms with van der Waals surface area (Å²) in [6, 6.07) is 3.95. The number of hydrogen-bond acceptors (Lipinski definition) is 3. The molecule has 0 aliphatic heterocycles. The Kier molecular flexibility index (Phi) is 4.62. The maximum atomic E-state index is 11.9. The molecule has 1 aliphatic rings. The summed E-state index contributed by atoms with van der Waals surface area (Å²) in [7, 11) is 0. The lowest BCUT2D eigenvalue weighted by molar-refractivity contribution is -0.120. The van der Waals surface area contributed by atoms with E-state index in [4.69, 9.17) is 5.73 Å². The molecule has 1 amide bonds. The summed E-state index contributed by atoms with van der Waals surface area (Å²) >= 11 is 0. The van der Waals surface area contributed by atoms with Gasteiger partial charge in [-0.15, -0.1) is 12.4 Å². The van der Waals surface area contributed by atoms with Gasteiger partial charge in [0.1, 0.15) is 5.65 Å². The summed E-state index contributed by atoms with van der Waals surface area (Å²) < 4.78 is 0. The number of nitrogens with zero attached hydrogens (tertiary/aromatic N) is 1. The van der Waals surface area contributed by atoms with Crippen LogP contribution in [0.5, 0.6) is 0 Å². The molecule has 2 aromatic rings. The number of carbonyl (C=O) groups excluding carboxylic acids is 1. The molecule has 1 aliphatic carbocycles. The maximum Gasteiger partial charge on any atom is 0.224 e. The van der Waals surface area contributed by atoms with Gasteiger partial charge in [0.2, 0.25) is 5.91 Å². The highest BCUT2D eigenvalue weighted by Crippen LogP contribution is 2.31. The molecule has 0 saturated heterocycles. The van der Waals surface area contributed by atoms with Gasteiger partial charge in [-0.3, -0.25) is 4.79 Å². The summed E-state index contributed by atoms with van der Waals surface area (Å²) in [5.74, 6) is 0.624. The van der Waals surface area contributed by atoms with E-state index in [-0.39, 0.29) is 24.4 Å². The van der Waals surface area contributed by atoms with Gasteiger partial charge in [0, 0.05) is 30.4 Å². The lowest BCUT2D eigenvalue weighted by atomic mass is 10.1. The van der Waals surface area contributed by atoms with Gasteiger partial charge in [0.25, 0.3) is 0 Å². The molecule has 0 radical (unpaired) electrons. The highest BCUT2D eigenvalue weighted by atomic mass is 35.5. The number of fused-ring (bicyclic) bond motifs is 1. The van der Waals surface area contributed by atoms with Crippen LogP contribution in [0.25, 0.3) is 11.0 Å². The molecule has 5 nitrogen and oxygen atoms in total. The Morgan fingerprint density at radius 1 is 1.55 bits per heavy atom. The Hall–Kier alpha value is -1.59. The Morgan fingerprint density at radius 2 is 2.35 bits per heavy atom. The van der Waals surface area contributed by atoms with Crippen molar-refractivity contribution >= 4 is 29.3 Å². The average Bonchev–Trinajstić information content (AvgIpc) is 3.20. The number of carbonyl (C=O) groups is 1. The minimum atomic E-state index is 0. The second-order valence-electron chi connectivity index (χ2n) is 5.20. The fourth-order valence-electron chi connectivity index (χ4n) is 2.32. The third kappa shape index (κ3) is 3.29. The monoisotopic (exact) mass is 294 g/mol. The number of hydrogen-bond donors (Lipinski definition) is 3. The number of pyridine rings is 1. The lowest BCUT2D eigenvalue weighted by Gasteiger charge is -2.11. The van der Waals surface area contributed by atoms with Crippen molar-refractivity contribution in [2.75, 3.05) is 6.54 Å². The van der Waals surface area contributed by atoms with Crippen LogP contribution in [0.4, 0.5) is 0 Å². The largest absolute Gasteiger partial charge is 0.354 e. The van der Waals surface area contributed by atoms with Crippen LogP contribution in [0, 0.1) is 5.92 Å². The SMILES string of the molecule is Cl.NC(CNC(=O)Cc1c[nH]c2ncccc12)C1CC1. The summed E-state index contributed by atoms with van der Waals surface area (Å²) in [4.78, 5) is 19.2.